The molecule has 0 saturated carbocycles. The summed E-state index contributed by atoms with van der Waals surface area (Å²) in [5.41, 5.74) is 7.60. The van der Waals surface area contributed by atoms with Gasteiger partial charge < -0.3 is 0 Å². The van der Waals surface area contributed by atoms with Gasteiger partial charge in [0.2, 0.25) is 5.95 Å². The number of hydrazone groups is 1. The summed E-state index contributed by atoms with van der Waals surface area (Å²) in [6, 6.07) is 40.4. The van der Waals surface area contributed by atoms with E-state index in [0.717, 1.165) is 55.3 Å². The van der Waals surface area contributed by atoms with Crippen molar-refractivity contribution in [1.29, 1.82) is 0 Å². The molecule has 3 aromatic heterocycles. The number of fused-ring (bicyclic) bond motifs is 1. The molecule has 0 amide bonds. The summed E-state index contributed by atoms with van der Waals surface area (Å²) in [5.74, 6) is 0.529. The van der Waals surface area contributed by atoms with Gasteiger partial charge in [-0.1, -0.05) is 96.5 Å². The summed E-state index contributed by atoms with van der Waals surface area (Å²) >= 11 is 8.14. The molecule has 0 N–H and O–H groups in total. The molecule has 0 unspecified atom stereocenters. The van der Waals surface area contributed by atoms with Crippen LogP contribution in [-0.2, 0) is 0 Å². The van der Waals surface area contributed by atoms with Gasteiger partial charge in [0.15, 0.2) is 0 Å². The van der Waals surface area contributed by atoms with E-state index in [1.54, 1.807) is 11.3 Å². The third kappa shape index (κ3) is 4.86. The lowest BCUT2D eigenvalue weighted by Crippen LogP contribution is -2.21. The third-order valence-corrected chi connectivity index (χ3v) is 8.94. The Hall–Kier alpha value is -5.11. The maximum absolute atomic E-state index is 6.46. The predicted octanol–water partition coefficient (Wildman–Crippen LogP) is 9.22. The third-order valence-electron chi connectivity index (χ3n) is 7.78. The van der Waals surface area contributed by atoms with E-state index in [4.69, 9.17) is 31.8 Å². The van der Waals surface area contributed by atoms with E-state index in [1.807, 2.05) is 82.5 Å². The average molecular weight is 609 g/mol. The average Bonchev–Trinajstić information content (AvgIpc) is 3.86. The SMILES string of the molecule is Clc1ccc2nc(N3N=C(c4cccs4)C[C@H]3c3cn(-c4ccccc4)nc3-c3ccccc3)nc(-c3ccccc3)c2c1. The Morgan fingerprint density at radius 3 is 2.14 bits per heavy atom. The van der Waals surface area contributed by atoms with Gasteiger partial charge in [0, 0.05) is 39.7 Å². The minimum Gasteiger partial charge on any atom is -0.240 e. The highest BCUT2D eigenvalue weighted by Crippen LogP contribution is 2.41. The predicted molar refractivity (Wildman–Crippen MR) is 180 cm³/mol. The van der Waals surface area contributed by atoms with E-state index in [2.05, 4.69) is 60.1 Å². The fraction of sp³-hybridized carbons (Fsp3) is 0.0556. The van der Waals surface area contributed by atoms with Crippen LogP contribution in [-0.4, -0.2) is 25.5 Å². The summed E-state index contributed by atoms with van der Waals surface area (Å²) in [5, 5.41) is 15.9. The van der Waals surface area contributed by atoms with E-state index in [9.17, 15) is 0 Å². The fourth-order valence-corrected chi connectivity index (χ4v) is 6.59. The molecule has 8 heteroatoms. The first kappa shape index (κ1) is 26.5. The van der Waals surface area contributed by atoms with Crippen molar-refractivity contribution in [3.8, 4) is 28.2 Å². The number of nitrogens with zero attached hydrogens (tertiary/aromatic N) is 6. The lowest BCUT2D eigenvalue weighted by Gasteiger charge is -2.23. The van der Waals surface area contributed by atoms with E-state index in [-0.39, 0.29) is 6.04 Å². The molecule has 0 spiro atoms. The molecular formula is C36H25ClN6S. The van der Waals surface area contributed by atoms with E-state index in [1.165, 1.54) is 0 Å². The Bertz CT molecular complexity index is 2110. The van der Waals surface area contributed by atoms with Gasteiger partial charge in [-0.2, -0.15) is 10.2 Å². The zero-order chi connectivity index (χ0) is 29.5. The molecule has 1 aliphatic heterocycles. The highest BCUT2D eigenvalue weighted by atomic mass is 35.5. The minimum absolute atomic E-state index is 0.187. The summed E-state index contributed by atoms with van der Waals surface area (Å²) in [7, 11) is 0. The smallest absolute Gasteiger partial charge is 0.240 e. The number of rotatable bonds is 6. The first-order valence-electron chi connectivity index (χ1n) is 14.3. The van der Waals surface area contributed by atoms with Crippen LogP contribution in [0.25, 0.3) is 39.1 Å². The van der Waals surface area contributed by atoms with Crippen molar-refractivity contribution in [2.45, 2.75) is 12.5 Å². The normalized spacial score (nSPS) is 14.7. The van der Waals surface area contributed by atoms with Crippen molar-refractivity contribution in [3.05, 3.63) is 148 Å². The topological polar surface area (TPSA) is 59.2 Å². The molecule has 1 aliphatic rings. The van der Waals surface area contributed by atoms with Crippen LogP contribution in [0.2, 0.25) is 5.02 Å². The van der Waals surface area contributed by atoms with Crippen molar-refractivity contribution >= 4 is 45.5 Å². The maximum atomic E-state index is 6.46. The molecule has 0 fully saturated rings. The second kappa shape index (κ2) is 11.2. The molecule has 8 rings (SSSR count). The van der Waals surface area contributed by atoms with Gasteiger partial charge in [0.05, 0.1) is 39.2 Å². The van der Waals surface area contributed by atoms with Gasteiger partial charge in [-0.15, -0.1) is 11.3 Å². The summed E-state index contributed by atoms with van der Waals surface area (Å²) in [6.07, 6.45) is 2.81. The molecule has 44 heavy (non-hydrogen) atoms. The molecule has 6 nitrogen and oxygen atoms in total. The Kier molecular flexibility index (Phi) is 6.74. The standard InChI is InChI=1S/C36H25ClN6S/c37-26-18-19-30-28(21-26)34(24-11-4-1-5-12-24)39-36(38-30)43-32(22-31(40-43)33-17-10-20-44-33)29-23-42(27-15-8-3-9-16-27)41-35(29)25-13-6-2-7-14-25/h1-21,23,32H,22H2/t32-/m0/s1. The zero-order valence-corrected chi connectivity index (χ0v) is 25.0. The van der Waals surface area contributed by atoms with Crippen LogP contribution in [0, 0.1) is 0 Å². The second-order valence-corrected chi connectivity index (χ2v) is 12.0. The fourth-order valence-electron chi connectivity index (χ4n) is 5.70. The number of thiophene rings is 1. The lowest BCUT2D eigenvalue weighted by molar-refractivity contribution is 0.690. The van der Waals surface area contributed by atoms with Crippen LogP contribution in [0.15, 0.2) is 138 Å². The van der Waals surface area contributed by atoms with Crippen molar-refractivity contribution in [3.63, 3.8) is 0 Å². The summed E-state index contributed by atoms with van der Waals surface area (Å²) in [6.45, 7) is 0. The van der Waals surface area contributed by atoms with Crippen LogP contribution in [0.3, 0.4) is 0 Å². The number of hydrogen-bond donors (Lipinski definition) is 0. The van der Waals surface area contributed by atoms with Gasteiger partial charge in [-0.3, -0.25) is 0 Å². The molecule has 0 radical (unpaired) electrons. The van der Waals surface area contributed by atoms with Crippen molar-refractivity contribution < 1.29 is 0 Å². The zero-order valence-electron chi connectivity index (χ0n) is 23.5. The Balaban J connectivity index is 1.34. The molecule has 0 aliphatic carbocycles. The van der Waals surface area contributed by atoms with E-state index in [0.29, 0.717) is 17.4 Å². The molecule has 0 bridgehead atoms. The van der Waals surface area contributed by atoms with Crippen LogP contribution in [0.1, 0.15) is 22.9 Å². The monoisotopic (exact) mass is 608 g/mol. The summed E-state index contributed by atoms with van der Waals surface area (Å²) < 4.78 is 1.96. The van der Waals surface area contributed by atoms with Gasteiger partial charge in [0.1, 0.15) is 0 Å². The quantitative estimate of drug-likeness (QED) is 0.189. The minimum atomic E-state index is -0.187. The van der Waals surface area contributed by atoms with Crippen LogP contribution >= 0.6 is 22.9 Å². The number of hydrogen-bond acceptors (Lipinski definition) is 6. The van der Waals surface area contributed by atoms with Gasteiger partial charge >= 0.3 is 0 Å². The number of anilines is 1. The Morgan fingerprint density at radius 2 is 1.43 bits per heavy atom. The van der Waals surface area contributed by atoms with Crippen molar-refractivity contribution in [1.82, 2.24) is 19.7 Å². The van der Waals surface area contributed by atoms with Crippen LogP contribution in [0.5, 0.6) is 0 Å². The Labute approximate surface area is 263 Å². The molecule has 4 heterocycles. The first-order chi connectivity index (χ1) is 21.7. The van der Waals surface area contributed by atoms with Gasteiger partial charge in [0.25, 0.3) is 0 Å². The number of para-hydroxylation sites is 1. The highest BCUT2D eigenvalue weighted by Gasteiger charge is 2.36. The number of benzene rings is 4. The Morgan fingerprint density at radius 1 is 0.727 bits per heavy atom. The van der Waals surface area contributed by atoms with Gasteiger partial charge in [-0.05, 0) is 41.8 Å². The van der Waals surface area contributed by atoms with Crippen LogP contribution in [0.4, 0.5) is 5.95 Å². The first-order valence-corrected chi connectivity index (χ1v) is 15.6. The maximum Gasteiger partial charge on any atom is 0.247 e. The molecule has 7 aromatic rings. The van der Waals surface area contributed by atoms with Crippen LogP contribution < -0.4 is 5.01 Å². The highest BCUT2D eigenvalue weighted by molar-refractivity contribution is 7.12. The molecule has 4 aromatic carbocycles. The largest absolute Gasteiger partial charge is 0.247 e. The molecular weight excluding hydrogens is 584 g/mol. The van der Waals surface area contributed by atoms with E-state index >= 15 is 0 Å². The van der Waals surface area contributed by atoms with E-state index < -0.39 is 0 Å². The van der Waals surface area contributed by atoms with Crippen molar-refractivity contribution in [2.24, 2.45) is 5.10 Å². The molecule has 0 saturated heterocycles. The lowest BCUT2D eigenvalue weighted by atomic mass is 9.98. The summed E-state index contributed by atoms with van der Waals surface area (Å²) in [4.78, 5) is 11.4. The molecule has 1 atom stereocenters. The number of aromatic nitrogens is 4. The van der Waals surface area contributed by atoms with Gasteiger partial charge in [-0.25, -0.2) is 19.7 Å². The number of halogens is 1. The second-order valence-electron chi connectivity index (χ2n) is 10.6. The molecule has 212 valence electrons. The van der Waals surface area contributed by atoms with Crippen molar-refractivity contribution in [2.75, 3.05) is 5.01 Å².